The normalized spacial score (nSPS) is 13.7. The number of carbonyl (C=O) groups excluding carboxylic acids is 1. The van der Waals surface area contributed by atoms with Gasteiger partial charge in [-0.05, 0) is 61.9 Å². The van der Waals surface area contributed by atoms with E-state index in [2.05, 4.69) is 17.3 Å². The van der Waals surface area contributed by atoms with Gasteiger partial charge in [-0.3, -0.25) is 14.2 Å². The lowest BCUT2D eigenvalue weighted by molar-refractivity contribution is -0.113. The number of hydrogen-bond acceptors (Lipinski definition) is 6. The van der Waals surface area contributed by atoms with Gasteiger partial charge in [-0.25, -0.2) is 4.98 Å². The average Bonchev–Trinajstić information content (AvgIpc) is 3.17. The van der Waals surface area contributed by atoms with E-state index in [1.165, 1.54) is 16.6 Å². The number of aromatic nitrogens is 2. The number of likely N-dealkylation sites (N-methyl/N-ethyl adjacent to an activating group) is 1. The van der Waals surface area contributed by atoms with Crippen molar-refractivity contribution in [1.82, 2.24) is 14.5 Å². The topological polar surface area (TPSA) is 67.2 Å². The number of thioether (sulfide) groups is 1. The van der Waals surface area contributed by atoms with E-state index in [1.54, 1.807) is 40.2 Å². The van der Waals surface area contributed by atoms with Crippen molar-refractivity contribution in [3.05, 3.63) is 79.9 Å². The molecule has 2 aromatic carbocycles. The molecular formula is C25H23ClN4O2S2. The number of aryl methyl sites for hydroxylation is 1. The number of amides is 1. The van der Waals surface area contributed by atoms with Crippen LogP contribution < -0.4 is 10.9 Å². The number of halogens is 1. The van der Waals surface area contributed by atoms with E-state index >= 15 is 0 Å². The van der Waals surface area contributed by atoms with Crippen molar-refractivity contribution in [3.8, 4) is 5.69 Å². The maximum absolute atomic E-state index is 13.8. The highest BCUT2D eigenvalue weighted by atomic mass is 35.5. The number of anilines is 1. The Morgan fingerprint density at radius 1 is 1.21 bits per heavy atom. The lowest BCUT2D eigenvalue weighted by atomic mass is 10.1. The molecule has 1 aliphatic rings. The fourth-order valence-corrected chi connectivity index (χ4v) is 6.38. The fourth-order valence-electron chi connectivity index (χ4n) is 4.10. The Balaban J connectivity index is 1.54. The quantitative estimate of drug-likeness (QED) is 0.298. The Labute approximate surface area is 210 Å². The lowest BCUT2D eigenvalue weighted by Gasteiger charge is -2.21. The molecule has 1 amide bonds. The van der Waals surface area contributed by atoms with Crippen LogP contribution in [0.4, 0.5) is 5.69 Å². The van der Waals surface area contributed by atoms with Crippen LogP contribution in [0.5, 0.6) is 0 Å². The molecule has 2 aromatic heterocycles. The zero-order valence-electron chi connectivity index (χ0n) is 18.8. The van der Waals surface area contributed by atoms with Crippen molar-refractivity contribution < 1.29 is 4.79 Å². The van der Waals surface area contributed by atoms with Crippen molar-refractivity contribution >= 4 is 56.5 Å². The van der Waals surface area contributed by atoms with Gasteiger partial charge in [-0.15, -0.1) is 11.3 Å². The number of nitrogens with one attached hydrogen (secondary N) is 1. The van der Waals surface area contributed by atoms with Crippen molar-refractivity contribution in [2.45, 2.75) is 25.0 Å². The molecule has 9 heteroatoms. The molecule has 0 fully saturated rings. The van der Waals surface area contributed by atoms with E-state index in [4.69, 9.17) is 16.6 Å². The monoisotopic (exact) mass is 510 g/mol. The van der Waals surface area contributed by atoms with E-state index in [0.717, 1.165) is 41.2 Å². The first-order valence-corrected chi connectivity index (χ1v) is 13.1. The molecule has 5 rings (SSSR count). The first-order valence-electron chi connectivity index (χ1n) is 10.9. The summed E-state index contributed by atoms with van der Waals surface area (Å²) in [6.45, 7) is 3.68. The highest BCUT2D eigenvalue weighted by molar-refractivity contribution is 7.99. The van der Waals surface area contributed by atoms with Crippen LogP contribution in [0, 0.1) is 6.92 Å². The van der Waals surface area contributed by atoms with E-state index in [0.29, 0.717) is 21.3 Å². The second kappa shape index (κ2) is 9.54. The number of nitrogens with zero attached hydrogens (tertiary/aromatic N) is 3. The third-order valence-electron chi connectivity index (χ3n) is 5.87. The standard InChI is InChI=1S/C25H23ClN4O2S2/c1-15-5-3-4-6-19(15)27-21(31)14-33-25-28-23-22(18-11-12-29(2)13-20(18)34-23)24(32)30(25)17-9-7-16(26)8-10-17/h3-10H,11-14H2,1-2H3,(H,27,31). The van der Waals surface area contributed by atoms with Crippen molar-refractivity contribution in [1.29, 1.82) is 0 Å². The minimum Gasteiger partial charge on any atom is -0.325 e. The Kier molecular flexibility index (Phi) is 6.48. The van der Waals surface area contributed by atoms with Gasteiger partial charge in [0.05, 0.1) is 16.8 Å². The molecule has 0 saturated heterocycles. The van der Waals surface area contributed by atoms with Crippen LogP contribution in [0.2, 0.25) is 5.02 Å². The maximum Gasteiger partial charge on any atom is 0.267 e. The third-order valence-corrected chi connectivity index (χ3v) is 8.17. The van der Waals surface area contributed by atoms with Gasteiger partial charge in [-0.2, -0.15) is 0 Å². The largest absolute Gasteiger partial charge is 0.325 e. The van der Waals surface area contributed by atoms with Crippen molar-refractivity contribution in [3.63, 3.8) is 0 Å². The van der Waals surface area contributed by atoms with Gasteiger partial charge in [-0.1, -0.05) is 41.6 Å². The smallest absolute Gasteiger partial charge is 0.267 e. The van der Waals surface area contributed by atoms with Crippen LogP contribution in [0.15, 0.2) is 58.5 Å². The van der Waals surface area contributed by atoms with Crippen LogP contribution in [0.25, 0.3) is 15.9 Å². The molecule has 0 radical (unpaired) electrons. The number of thiophene rings is 1. The Hall–Kier alpha value is -2.65. The zero-order valence-corrected chi connectivity index (χ0v) is 21.2. The molecule has 0 aliphatic carbocycles. The first-order chi connectivity index (χ1) is 16.4. The van der Waals surface area contributed by atoms with E-state index in [1.807, 2.05) is 31.2 Å². The number of para-hydroxylation sites is 1. The summed E-state index contributed by atoms with van der Waals surface area (Å²) in [6, 6.07) is 14.8. The Morgan fingerprint density at radius 3 is 2.74 bits per heavy atom. The third kappa shape index (κ3) is 4.51. The van der Waals surface area contributed by atoms with Crippen LogP contribution in [0.1, 0.15) is 16.0 Å². The van der Waals surface area contributed by atoms with Gasteiger partial charge in [0.15, 0.2) is 5.16 Å². The van der Waals surface area contributed by atoms with Gasteiger partial charge in [0.2, 0.25) is 5.91 Å². The minimum absolute atomic E-state index is 0.101. The van der Waals surface area contributed by atoms with Crippen LogP contribution in [-0.2, 0) is 17.8 Å². The molecule has 1 aliphatic heterocycles. The molecule has 34 heavy (non-hydrogen) atoms. The molecule has 3 heterocycles. The molecule has 0 unspecified atom stereocenters. The van der Waals surface area contributed by atoms with Gasteiger partial charge >= 0.3 is 0 Å². The summed E-state index contributed by atoms with van der Waals surface area (Å²) in [4.78, 5) is 35.6. The van der Waals surface area contributed by atoms with Crippen molar-refractivity contribution in [2.75, 3.05) is 24.7 Å². The van der Waals surface area contributed by atoms with Gasteiger partial charge < -0.3 is 10.2 Å². The maximum atomic E-state index is 13.8. The fraction of sp³-hybridized carbons (Fsp3) is 0.240. The molecular weight excluding hydrogens is 488 g/mol. The molecule has 0 atom stereocenters. The van der Waals surface area contributed by atoms with E-state index < -0.39 is 0 Å². The number of carbonyl (C=O) groups is 1. The van der Waals surface area contributed by atoms with Gasteiger partial charge in [0, 0.05) is 28.7 Å². The lowest BCUT2D eigenvalue weighted by Crippen LogP contribution is -2.27. The second-order valence-corrected chi connectivity index (χ2v) is 10.8. The van der Waals surface area contributed by atoms with Gasteiger partial charge in [0.25, 0.3) is 5.56 Å². The summed E-state index contributed by atoms with van der Waals surface area (Å²) < 4.78 is 1.61. The summed E-state index contributed by atoms with van der Waals surface area (Å²) >= 11 is 8.93. The molecule has 0 spiro atoms. The summed E-state index contributed by atoms with van der Waals surface area (Å²) in [7, 11) is 2.08. The van der Waals surface area contributed by atoms with Crippen LogP contribution in [0.3, 0.4) is 0 Å². The average molecular weight is 511 g/mol. The van der Waals surface area contributed by atoms with Crippen LogP contribution >= 0.6 is 34.7 Å². The summed E-state index contributed by atoms with van der Waals surface area (Å²) in [5.74, 6) is -0.0170. The number of benzene rings is 2. The molecule has 1 N–H and O–H groups in total. The predicted octanol–water partition coefficient (Wildman–Crippen LogP) is 5.13. The highest BCUT2D eigenvalue weighted by Gasteiger charge is 2.24. The zero-order chi connectivity index (χ0) is 23.8. The van der Waals surface area contributed by atoms with E-state index in [-0.39, 0.29) is 17.2 Å². The minimum atomic E-state index is -0.150. The Morgan fingerprint density at radius 2 is 1.97 bits per heavy atom. The number of fused-ring (bicyclic) bond motifs is 3. The van der Waals surface area contributed by atoms with Crippen LogP contribution in [-0.4, -0.2) is 39.7 Å². The van der Waals surface area contributed by atoms with Crippen molar-refractivity contribution in [2.24, 2.45) is 0 Å². The molecule has 174 valence electrons. The summed E-state index contributed by atoms with van der Waals surface area (Å²) in [5.41, 5.74) is 3.45. The summed E-state index contributed by atoms with van der Waals surface area (Å²) in [5, 5.41) is 4.72. The SMILES string of the molecule is Cc1ccccc1NC(=O)CSc1nc2sc3c(c2c(=O)n1-c1ccc(Cl)cc1)CCN(C)C3. The van der Waals surface area contributed by atoms with E-state index in [9.17, 15) is 9.59 Å². The highest BCUT2D eigenvalue weighted by Crippen LogP contribution is 2.34. The van der Waals surface area contributed by atoms with Gasteiger partial charge in [0.1, 0.15) is 4.83 Å². The summed E-state index contributed by atoms with van der Waals surface area (Å²) in [6.07, 6.45) is 0.828. The number of hydrogen-bond donors (Lipinski definition) is 1. The Bertz CT molecular complexity index is 1450. The second-order valence-electron chi connectivity index (χ2n) is 8.33. The molecule has 0 saturated carbocycles. The molecule has 6 nitrogen and oxygen atoms in total. The molecule has 0 bridgehead atoms. The first kappa shape index (κ1) is 23.1. The number of rotatable bonds is 5. The molecule has 4 aromatic rings. The predicted molar refractivity (Wildman–Crippen MR) is 141 cm³/mol.